The lowest BCUT2D eigenvalue weighted by molar-refractivity contribution is -0.985. The van der Waals surface area contributed by atoms with Crippen molar-refractivity contribution in [1.29, 1.82) is 0 Å². The average Bonchev–Trinajstić information content (AvgIpc) is 2.31. The van der Waals surface area contributed by atoms with Gasteiger partial charge in [-0.1, -0.05) is 39.0 Å². The fourth-order valence-corrected chi connectivity index (χ4v) is 3.91. The molecule has 0 saturated carbocycles. The lowest BCUT2D eigenvalue weighted by Gasteiger charge is -2.49. The van der Waals surface area contributed by atoms with Crippen LogP contribution in [-0.2, 0) is 0 Å². The minimum absolute atomic E-state index is 0.736. The zero-order chi connectivity index (χ0) is 14.9. The Labute approximate surface area is 123 Å². The highest BCUT2D eigenvalue weighted by Crippen LogP contribution is 2.25. The number of quaternary nitrogens is 1. The first-order valence-corrected chi connectivity index (χ1v) is 8.76. The molecule has 0 aromatic carbocycles. The van der Waals surface area contributed by atoms with Gasteiger partial charge in [-0.3, -0.25) is 0 Å². The van der Waals surface area contributed by atoms with Gasteiger partial charge in [-0.05, 0) is 54.4 Å². The minimum Gasteiger partial charge on any atom is -0.318 e. The summed E-state index contributed by atoms with van der Waals surface area (Å²) >= 11 is 0. The molecule has 0 heterocycles. The Morgan fingerprint density at radius 1 is 0.579 bits per heavy atom. The van der Waals surface area contributed by atoms with Gasteiger partial charge in [0.25, 0.3) is 0 Å². The van der Waals surface area contributed by atoms with Crippen molar-refractivity contribution in [2.75, 3.05) is 6.54 Å². The molecular weight excluding hydrogens is 230 g/mol. The predicted molar refractivity (Wildman–Crippen MR) is 88.5 cm³/mol. The van der Waals surface area contributed by atoms with Crippen molar-refractivity contribution >= 4 is 0 Å². The maximum absolute atomic E-state index is 2.40. The molecule has 0 aliphatic heterocycles. The van der Waals surface area contributed by atoms with Gasteiger partial charge in [0.2, 0.25) is 0 Å². The van der Waals surface area contributed by atoms with Gasteiger partial charge in [0, 0.05) is 0 Å². The smallest absolute Gasteiger partial charge is 0.0837 e. The Morgan fingerprint density at radius 3 is 1.32 bits per heavy atom. The van der Waals surface area contributed by atoms with Crippen molar-refractivity contribution in [3.8, 4) is 0 Å². The van der Waals surface area contributed by atoms with E-state index >= 15 is 0 Å². The third-order valence-corrected chi connectivity index (χ3v) is 5.03. The molecule has 0 unspecified atom stereocenters. The molecule has 0 rings (SSSR count). The van der Waals surface area contributed by atoms with Crippen LogP contribution in [0.3, 0.4) is 0 Å². The van der Waals surface area contributed by atoms with Crippen LogP contribution in [0.1, 0.15) is 93.4 Å². The maximum Gasteiger partial charge on any atom is 0.0837 e. The first kappa shape index (κ1) is 19.0. The van der Waals surface area contributed by atoms with Gasteiger partial charge in [-0.2, -0.15) is 0 Å². The zero-order valence-corrected chi connectivity index (χ0v) is 14.8. The summed E-state index contributed by atoms with van der Waals surface area (Å²) in [7, 11) is 0. The van der Waals surface area contributed by atoms with Crippen LogP contribution in [0.2, 0.25) is 0 Å². The van der Waals surface area contributed by atoms with Crippen molar-refractivity contribution in [3.63, 3.8) is 0 Å². The van der Waals surface area contributed by atoms with Gasteiger partial charge in [-0.25, -0.2) is 0 Å². The van der Waals surface area contributed by atoms with Crippen LogP contribution >= 0.6 is 0 Å². The second kappa shape index (κ2) is 9.80. The molecule has 0 aliphatic carbocycles. The van der Waals surface area contributed by atoms with E-state index in [0.29, 0.717) is 0 Å². The maximum atomic E-state index is 2.40. The third kappa shape index (κ3) is 5.85. The number of hydrogen-bond acceptors (Lipinski definition) is 0. The molecule has 0 atom stereocenters. The summed E-state index contributed by atoms with van der Waals surface area (Å²) in [5, 5.41) is 0. The number of unbranched alkanes of at least 4 members (excludes halogenated alkanes) is 6. The summed E-state index contributed by atoms with van der Waals surface area (Å²) in [5.41, 5.74) is 0. The standard InChI is InChI=1S/C18H40N/c1-8-9-10-11-12-13-14-15-19(16(2)3,17(4)5)18(6)7/h16-18H,8-15H2,1-7H3/q+1. The monoisotopic (exact) mass is 270 g/mol. The van der Waals surface area contributed by atoms with Crippen molar-refractivity contribution in [2.24, 2.45) is 0 Å². The fourth-order valence-electron chi connectivity index (χ4n) is 3.91. The lowest BCUT2D eigenvalue weighted by Crippen LogP contribution is -2.62. The third-order valence-electron chi connectivity index (χ3n) is 5.03. The van der Waals surface area contributed by atoms with E-state index in [-0.39, 0.29) is 0 Å². The Morgan fingerprint density at radius 2 is 0.947 bits per heavy atom. The Kier molecular flexibility index (Phi) is 9.78. The van der Waals surface area contributed by atoms with Crippen molar-refractivity contribution < 1.29 is 4.48 Å². The normalized spacial score (nSPS) is 12.9. The molecule has 0 bridgehead atoms. The Hall–Kier alpha value is -0.0400. The lowest BCUT2D eigenvalue weighted by atomic mass is 10.0. The quantitative estimate of drug-likeness (QED) is 0.330. The second-order valence-electron chi connectivity index (χ2n) is 7.12. The van der Waals surface area contributed by atoms with Gasteiger partial charge in [0.1, 0.15) is 0 Å². The highest BCUT2D eigenvalue weighted by Gasteiger charge is 2.37. The van der Waals surface area contributed by atoms with Crippen LogP contribution in [-0.4, -0.2) is 29.2 Å². The molecule has 0 aromatic heterocycles. The molecule has 0 amide bonds. The van der Waals surface area contributed by atoms with Gasteiger partial charge in [0.15, 0.2) is 0 Å². The molecule has 0 N–H and O–H groups in total. The van der Waals surface area contributed by atoms with E-state index in [0.717, 1.165) is 18.1 Å². The van der Waals surface area contributed by atoms with Crippen LogP contribution < -0.4 is 0 Å². The molecule has 1 heteroatoms. The van der Waals surface area contributed by atoms with Crippen LogP contribution in [0.15, 0.2) is 0 Å². The van der Waals surface area contributed by atoms with Gasteiger partial charge in [-0.15, -0.1) is 0 Å². The molecule has 0 aromatic rings. The summed E-state index contributed by atoms with van der Waals surface area (Å²) < 4.78 is 1.29. The second-order valence-corrected chi connectivity index (χ2v) is 7.12. The van der Waals surface area contributed by atoms with Gasteiger partial charge < -0.3 is 4.48 Å². The zero-order valence-electron chi connectivity index (χ0n) is 14.8. The highest BCUT2D eigenvalue weighted by atomic mass is 15.4. The summed E-state index contributed by atoms with van der Waals surface area (Å²) in [5.74, 6) is 0. The molecule has 116 valence electrons. The SMILES string of the molecule is CCCCCCCCC[N+](C(C)C)(C(C)C)C(C)C. The van der Waals surface area contributed by atoms with E-state index in [1.807, 2.05) is 0 Å². The fraction of sp³-hybridized carbons (Fsp3) is 1.00. The van der Waals surface area contributed by atoms with Crippen LogP contribution in [0.4, 0.5) is 0 Å². The Balaban J connectivity index is 4.14. The molecule has 1 nitrogen and oxygen atoms in total. The summed E-state index contributed by atoms with van der Waals surface area (Å²) in [6.45, 7) is 18.1. The van der Waals surface area contributed by atoms with E-state index in [9.17, 15) is 0 Å². The van der Waals surface area contributed by atoms with Crippen molar-refractivity contribution in [2.45, 2.75) is 112 Å². The largest absolute Gasteiger partial charge is 0.318 e. The first-order valence-electron chi connectivity index (χ1n) is 8.76. The highest BCUT2D eigenvalue weighted by molar-refractivity contribution is 4.59. The van der Waals surface area contributed by atoms with E-state index in [4.69, 9.17) is 0 Å². The molecule has 0 radical (unpaired) electrons. The molecule has 0 saturated heterocycles. The van der Waals surface area contributed by atoms with Crippen LogP contribution in [0, 0.1) is 0 Å². The van der Waals surface area contributed by atoms with Crippen molar-refractivity contribution in [3.05, 3.63) is 0 Å². The molecule has 0 fully saturated rings. The molecule has 0 spiro atoms. The Bertz CT molecular complexity index is 184. The average molecular weight is 271 g/mol. The molecule has 19 heavy (non-hydrogen) atoms. The predicted octanol–water partition coefficient (Wildman–Crippen LogP) is 5.78. The van der Waals surface area contributed by atoms with Gasteiger partial charge in [0.05, 0.1) is 24.7 Å². The minimum atomic E-state index is 0.736. The number of rotatable bonds is 11. The number of nitrogens with zero attached hydrogens (tertiary/aromatic N) is 1. The number of hydrogen-bond donors (Lipinski definition) is 0. The van der Waals surface area contributed by atoms with E-state index < -0.39 is 0 Å². The summed E-state index contributed by atoms with van der Waals surface area (Å²) in [4.78, 5) is 0. The van der Waals surface area contributed by atoms with E-state index in [2.05, 4.69) is 48.5 Å². The summed E-state index contributed by atoms with van der Waals surface area (Å²) in [6, 6.07) is 2.21. The van der Waals surface area contributed by atoms with E-state index in [1.165, 1.54) is 56.0 Å². The molecular formula is C18H40N+. The topological polar surface area (TPSA) is 0 Å². The van der Waals surface area contributed by atoms with E-state index in [1.54, 1.807) is 0 Å². The van der Waals surface area contributed by atoms with Crippen LogP contribution in [0.5, 0.6) is 0 Å². The van der Waals surface area contributed by atoms with Crippen LogP contribution in [0.25, 0.3) is 0 Å². The van der Waals surface area contributed by atoms with Crippen molar-refractivity contribution in [1.82, 2.24) is 0 Å². The first-order chi connectivity index (χ1) is 8.89. The molecule has 0 aliphatic rings. The van der Waals surface area contributed by atoms with Gasteiger partial charge >= 0.3 is 0 Å². The summed E-state index contributed by atoms with van der Waals surface area (Å²) in [6.07, 6.45) is 9.93.